The summed E-state index contributed by atoms with van der Waals surface area (Å²) < 4.78 is 11.1. The first kappa shape index (κ1) is 41.9. The van der Waals surface area contributed by atoms with Crippen molar-refractivity contribution in [3.8, 4) is 11.5 Å². The Labute approximate surface area is 289 Å². The van der Waals surface area contributed by atoms with Crippen molar-refractivity contribution in [1.82, 2.24) is 0 Å². The van der Waals surface area contributed by atoms with Gasteiger partial charge in [0, 0.05) is 17.0 Å². The summed E-state index contributed by atoms with van der Waals surface area (Å²) in [6.45, 7) is 19.1. The third kappa shape index (κ3) is 14.6. The SMILES string of the molecule is CCCCCCCCCCCCCCCCC(c1cc(C(C)(C)C)c(OP(O)O)cc1C)c1cc(C(C)(C)C)c(OP(O)O)cc1C. The molecule has 0 fully saturated rings. The van der Waals surface area contributed by atoms with Gasteiger partial charge in [0.2, 0.25) is 0 Å². The van der Waals surface area contributed by atoms with Crippen molar-refractivity contribution in [2.24, 2.45) is 0 Å². The van der Waals surface area contributed by atoms with Crippen LogP contribution in [0.4, 0.5) is 0 Å². The number of rotatable bonds is 21. The lowest BCUT2D eigenvalue weighted by Crippen LogP contribution is -2.17. The maximum atomic E-state index is 9.72. The van der Waals surface area contributed by atoms with Crippen LogP contribution in [0.5, 0.6) is 11.5 Å². The zero-order chi connectivity index (χ0) is 35.2. The second-order valence-corrected chi connectivity index (χ2v) is 16.9. The predicted octanol–water partition coefficient (Wildman–Crippen LogP) is 12.1. The van der Waals surface area contributed by atoms with E-state index in [1.54, 1.807) is 0 Å². The summed E-state index contributed by atoms with van der Waals surface area (Å²) in [6, 6.07) is 8.33. The number of hydrogen-bond donors (Lipinski definition) is 4. The van der Waals surface area contributed by atoms with E-state index in [9.17, 15) is 19.6 Å². The molecule has 268 valence electrons. The Morgan fingerprint density at radius 1 is 0.532 bits per heavy atom. The monoisotopic (exact) mass is 692 g/mol. The summed E-state index contributed by atoms with van der Waals surface area (Å²) >= 11 is 0. The van der Waals surface area contributed by atoms with Crippen molar-refractivity contribution in [3.05, 3.63) is 57.6 Å². The Kier molecular flexibility index (Phi) is 18.2. The Hall–Kier alpha value is -1.26. The van der Waals surface area contributed by atoms with Crippen LogP contribution in [0.15, 0.2) is 24.3 Å². The molecule has 2 rings (SSSR count). The molecule has 0 atom stereocenters. The molecule has 0 saturated heterocycles. The van der Waals surface area contributed by atoms with Crippen LogP contribution in [0.2, 0.25) is 0 Å². The van der Waals surface area contributed by atoms with Gasteiger partial charge < -0.3 is 28.6 Å². The quantitative estimate of drug-likeness (QED) is 0.0768. The molecule has 0 bridgehead atoms. The summed E-state index contributed by atoms with van der Waals surface area (Å²) in [7, 11) is -5.07. The van der Waals surface area contributed by atoms with E-state index >= 15 is 0 Å². The fraction of sp³-hybridized carbons (Fsp3) is 0.692. The van der Waals surface area contributed by atoms with Gasteiger partial charge in [-0.1, -0.05) is 150 Å². The number of aryl methyl sites for hydroxylation is 2. The van der Waals surface area contributed by atoms with Gasteiger partial charge >= 0.3 is 17.2 Å². The summed E-state index contributed by atoms with van der Waals surface area (Å²) in [5.74, 6) is 1.13. The molecule has 0 aliphatic carbocycles. The van der Waals surface area contributed by atoms with Crippen LogP contribution in [-0.2, 0) is 10.8 Å². The minimum atomic E-state index is -2.53. The van der Waals surface area contributed by atoms with E-state index < -0.39 is 17.2 Å². The molecular formula is C39H66O6P2. The van der Waals surface area contributed by atoms with Gasteiger partial charge in [-0.25, -0.2) is 0 Å². The van der Waals surface area contributed by atoms with Crippen LogP contribution in [-0.4, -0.2) is 19.6 Å². The zero-order valence-electron chi connectivity index (χ0n) is 31.0. The molecule has 0 aliphatic rings. The summed E-state index contributed by atoms with van der Waals surface area (Å²) in [4.78, 5) is 38.9. The maximum Gasteiger partial charge on any atom is 0.391 e. The fourth-order valence-electron chi connectivity index (χ4n) is 6.67. The Morgan fingerprint density at radius 2 is 0.851 bits per heavy atom. The standard InChI is InChI=1S/C39H66O6P2/c1-10-11-12-13-14-15-16-17-18-19-20-21-22-23-24-31(32-27-34(38(4,5)6)36(25-29(32)2)44-46(40)41)33-28-35(39(7,8)9)37(26-30(33)3)45-47(42)43/h25-28,31,40-43H,10-24H2,1-9H3. The van der Waals surface area contributed by atoms with E-state index in [1.165, 1.54) is 94.6 Å². The van der Waals surface area contributed by atoms with Crippen molar-refractivity contribution in [1.29, 1.82) is 0 Å². The van der Waals surface area contributed by atoms with Crippen LogP contribution in [0.25, 0.3) is 0 Å². The molecule has 47 heavy (non-hydrogen) atoms. The Balaban J connectivity index is 2.28. The van der Waals surface area contributed by atoms with Gasteiger partial charge in [-0.3, -0.25) is 0 Å². The van der Waals surface area contributed by atoms with Gasteiger partial charge in [-0.15, -0.1) is 0 Å². The van der Waals surface area contributed by atoms with E-state index in [0.717, 1.165) is 35.1 Å². The molecule has 0 spiro atoms. The summed E-state index contributed by atoms with van der Waals surface area (Å²) in [6.07, 6.45) is 19.5. The van der Waals surface area contributed by atoms with Crippen molar-refractivity contribution in [2.45, 2.75) is 175 Å². The molecule has 0 unspecified atom stereocenters. The average Bonchev–Trinajstić information content (AvgIpc) is 2.94. The van der Waals surface area contributed by atoms with Crippen molar-refractivity contribution in [2.75, 3.05) is 0 Å². The molecule has 0 aliphatic heterocycles. The molecule has 0 heterocycles. The lowest BCUT2D eigenvalue weighted by atomic mass is 9.76. The van der Waals surface area contributed by atoms with Crippen molar-refractivity contribution in [3.63, 3.8) is 0 Å². The first-order valence-electron chi connectivity index (χ1n) is 18.1. The third-order valence-corrected chi connectivity index (χ3v) is 10.0. The van der Waals surface area contributed by atoms with Crippen LogP contribution < -0.4 is 9.05 Å². The molecule has 4 N–H and O–H groups in total. The predicted molar refractivity (Wildman–Crippen MR) is 201 cm³/mol. The lowest BCUT2D eigenvalue weighted by Gasteiger charge is -2.30. The highest BCUT2D eigenvalue weighted by atomic mass is 31.2. The molecule has 0 saturated carbocycles. The average molecular weight is 693 g/mol. The van der Waals surface area contributed by atoms with Gasteiger partial charge in [0.25, 0.3) is 0 Å². The Bertz CT molecular complexity index is 1120. The van der Waals surface area contributed by atoms with Gasteiger partial charge in [0.15, 0.2) is 0 Å². The van der Waals surface area contributed by atoms with E-state index in [0.29, 0.717) is 11.5 Å². The highest BCUT2D eigenvalue weighted by Crippen LogP contribution is 2.46. The minimum absolute atomic E-state index is 0.104. The van der Waals surface area contributed by atoms with Gasteiger partial charge in [0.05, 0.1) is 0 Å². The fourth-order valence-corrected chi connectivity index (χ4v) is 7.32. The van der Waals surface area contributed by atoms with Crippen molar-refractivity contribution >= 4 is 17.2 Å². The highest BCUT2D eigenvalue weighted by Gasteiger charge is 2.29. The van der Waals surface area contributed by atoms with E-state index in [1.807, 2.05) is 12.1 Å². The minimum Gasteiger partial charge on any atom is -0.427 e. The van der Waals surface area contributed by atoms with Crippen LogP contribution >= 0.6 is 17.2 Å². The molecule has 0 aromatic heterocycles. The first-order valence-corrected chi connectivity index (χ1v) is 20.4. The molecule has 0 radical (unpaired) electrons. The largest absolute Gasteiger partial charge is 0.427 e. The second-order valence-electron chi connectivity index (χ2n) is 15.5. The molecule has 8 heteroatoms. The van der Waals surface area contributed by atoms with Gasteiger partial charge in [0.1, 0.15) is 11.5 Å². The smallest absolute Gasteiger partial charge is 0.391 e. The molecule has 2 aromatic carbocycles. The molecular weight excluding hydrogens is 626 g/mol. The molecule has 2 aromatic rings. The lowest BCUT2D eigenvalue weighted by molar-refractivity contribution is 0.368. The molecule has 6 nitrogen and oxygen atoms in total. The van der Waals surface area contributed by atoms with Gasteiger partial charge in [-0.05, 0) is 65.5 Å². The normalized spacial score (nSPS) is 12.5. The highest BCUT2D eigenvalue weighted by molar-refractivity contribution is 7.40. The third-order valence-electron chi connectivity index (χ3n) is 9.31. The first-order chi connectivity index (χ1) is 22.1. The number of unbranched alkanes of at least 4 members (excludes halogenated alkanes) is 13. The van der Waals surface area contributed by atoms with Crippen LogP contribution in [0.3, 0.4) is 0 Å². The number of benzene rings is 2. The van der Waals surface area contributed by atoms with Crippen molar-refractivity contribution < 1.29 is 28.6 Å². The number of hydrogen-bond acceptors (Lipinski definition) is 6. The van der Waals surface area contributed by atoms with Crippen LogP contribution in [0, 0.1) is 13.8 Å². The summed E-state index contributed by atoms with van der Waals surface area (Å²) in [5.41, 5.74) is 5.86. The second kappa shape index (κ2) is 20.4. The van der Waals surface area contributed by atoms with E-state index in [2.05, 4.69) is 74.4 Å². The van der Waals surface area contributed by atoms with E-state index in [-0.39, 0.29) is 16.7 Å². The zero-order valence-corrected chi connectivity index (χ0v) is 32.8. The maximum absolute atomic E-state index is 9.72. The van der Waals surface area contributed by atoms with Gasteiger partial charge in [-0.2, -0.15) is 0 Å². The topological polar surface area (TPSA) is 99.4 Å². The molecule has 0 amide bonds. The van der Waals surface area contributed by atoms with Crippen LogP contribution in [0.1, 0.15) is 184 Å². The Morgan fingerprint density at radius 3 is 1.15 bits per heavy atom. The summed E-state index contributed by atoms with van der Waals surface area (Å²) in [5, 5.41) is 0. The van der Waals surface area contributed by atoms with E-state index in [4.69, 9.17) is 9.05 Å².